The molecule has 0 radical (unpaired) electrons. The Morgan fingerprint density at radius 2 is 1.74 bits per heavy atom. The molecule has 0 spiro atoms. The van der Waals surface area contributed by atoms with E-state index in [0.717, 1.165) is 64.0 Å². The zero-order valence-electron chi connectivity index (χ0n) is 22.6. The SMILES string of the molecule is CN(c1c(C#N)c(=O)n(C)c2ccc(C#N)nc12)C1CCCCC1.Fc1ccc(NCC2CCOCC2)cc1. The van der Waals surface area contributed by atoms with Crippen molar-refractivity contribution in [2.75, 3.05) is 37.0 Å². The molecule has 2 aromatic heterocycles. The van der Waals surface area contributed by atoms with Gasteiger partial charge in [-0.05, 0) is 68.0 Å². The predicted octanol–water partition coefficient (Wildman–Crippen LogP) is 5.11. The molecule has 0 bridgehead atoms. The molecule has 3 heterocycles. The highest BCUT2D eigenvalue weighted by atomic mass is 19.1. The quantitative estimate of drug-likeness (QED) is 0.488. The van der Waals surface area contributed by atoms with Crippen molar-refractivity contribution in [1.82, 2.24) is 9.55 Å². The largest absolute Gasteiger partial charge is 0.385 e. The summed E-state index contributed by atoms with van der Waals surface area (Å²) in [5.41, 5.74) is 2.78. The minimum Gasteiger partial charge on any atom is -0.385 e. The van der Waals surface area contributed by atoms with Crippen molar-refractivity contribution >= 4 is 22.4 Å². The van der Waals surface area contributed by atoms with Crippen molar-refractivity contribution in [2.45, 2.75) is 51.0 Å². The minimum absolute atomic E-state index is 0.0978. The van der Waals surface area contributed by atoms with Gasteiger partial charge in [-0.25, -0.2) is 9.37 Å². The number of pyridine rings is 2. The zero-order valence-corrected chi connectivity index (χ0v) is 22.6. The monoisotopic (exact) mass is 530 g/mol. The Morgan fingerprint density at radius 1 is 1.05 bits per heavy atom. The second-order valence-electron chi connectivity index (χ2n) is 10.2. The van der Waals surface area contributed by atoms with E-state index in [-0.39, 0.29) is 28.7 Å². The number of nitrogens with one attached hydrogen (secondary N) is 1. The summed E-state index contributed by atoms with van der Waals surface area (Å²) in [5.74, 6) is 0.496. The molecule has 1 aliphatic carbocycles. The number of hydrogen-bond donors (Lipinski definition) is 1. The lowest BCUT2D eigenvalue weighted by atomic mass is 9.93. The van der Waals surface area contributed by atoms with Crippen LogP contribution in [-0.2, 0) is 11.8 Å². The average molecular weight is 531 g/mol. The van der Waals surface area contributed by atoms with Gasteiger partial charge < -0.3 is 19.5 Å². The van der Waals surface area contributed by atoms with Gasteiger partial charge in [-0.2, -0.15) is 10.5 Å². The van der Waals surface area contributed by atoms with Gasteiger partial charge in [0.2, 0.25) is 0 Å². The van der Waals surface area contributed by atoms with Crippen LogP contribution < -0.4 is 15.8 Å². The molecule has 1 aromatic carbocycles. The van der Waals surface area contributed by atoms with Gasteiger partial charge in [-0.3, -0.25) is 4.79 Å². The van der Waals surface area contributed by atoms with Gasteiger partial charge in [0, 0.05) is 45.6 Å². The van der Waals surface area contributed by atoms with E-state index < -0.39 is 0 Å². The number of aryl methyl sites for hydroxylation is 1. The third kappa shape index (κ3) is 6.74. The first-order valence-corrected chi connectivity index (χ1v) is 13.6. The van der Waals surface area contributed by atoms with Crippen molar-refractivity contribution in [1.29, 1.82) is 10.5 Å². The van der Waals surface area contributed by atoms with Crippen LogP contribution in [-0.4, -0.2) is 42.4 Å². The Bertz CT molecular complexity index is 1410. The molecule has 1 N–H and O–H groups in total. The van der Waals surface area contributed by atoms with E-state index >= 15 is 0 Å². The van der Waals surface area contributed by atoms with Crippen LogP contribution in [0.3, 0.4) is 0 Å². The summed E-state index contributed by atoms with van der Waals surface area (Å²) in [5, 5.41) is 22.1. The number of ether oxygens (including phenoxy) is 1. The number of nitrogens with zero attached hydrogens (tertiary/aromatic N) is 5. The second kappa shape index (κ2) is 13.2. The van der Waals surface area contributed by atoms with Gasteiger partial charge >= 0.3 is 0 Å². The second-order valence-corrected chi connectivity index (χ2v) is 10.2. The molecule has 1 aliphatic heterocycles. The van der Waals surface area contributed by atoms with Crippen molar-refractivity contribution in [2.24, 2.45) is 13.0 Å². The molecule has 2 aliphatic rings. The average Bonchev–Trinajstić information content (AvgIpc) is 2.99. The van der Waals surface area contributed by atoms with Crippen molar-refractivity contribution in [3.8, 4) is 12.1 Å². The van der Waals surface area contributed by atoms with Crippen LogP contribution in [0.2, 0.25) is 0 Å². The van der Waals surface area contributed by atoms with E-state index in [9.17, 15) is 14.4 Å². The van der Waals surface area contributed by atoms with Gasteiger partial charge in [0.05, 0.1) is 11.2 Å². The predicted molar refractivity (Wildman–Crippen MR) is 150 cm³/mol. The molecule has 204 valence electrons. The third-order valence-corrected chi connectivity index (χ3v) is 7.70. The van der Waals surface area contributed by atoms with Gasteiger partial charge in [0.15, 0.2) is 0 Å². The van der Waals surface area contributed by atoms with Crippen LogP contribution in [0.4, 0.5) is 15.8 Å². The maximum Gasteiger partial charge on any atom is 0.270 e. The summed E-state index contributed by atoms with van der Waals surface area (Å²) in [6.45, 7) is 2.69. The van der Waals surface area contributed by atoms with Crippen LogP contribution in [0.5, 0.6) is 0 Å². The number of halogens is 1. The fourth-order valence-corrected chi connectivity index (χ4v) is 5.33. The highest BCUT2D eigenvalue weighted by Crippen LogP contribution is 2.32. The molecule has 0 amide bonds. The molecule has 39 heavy (non-hydrogen) atoms. The number of hydrogen-bond acceptors (Lipinski definition) is 7. The van der Waals surface area contributed by atoms with E-state index in [1.807, 2.05) is 18.0 Å². The van der Waals surface area contributed by atoms with Crippen molar-refractivity contribution in [3.63, 3.8) is 0 Å². The molecule has 0 unspecified atom stereocenters. The van der Waals surface area contributed by atoms with Gasteiger partial charge in [0.1, 0.15) is 34.7 Å². The Morgan fingerprint density at radius 3 is 2.38 bits per heavy atom. The molecule has 8 nitrogen and oxygen atoms in total. The van der Waals surface area contributed by atoms with E-state index in [1.54, 1.807) is 31.3 Å². The minimum atomic E-state index is -0.325. The van der Waals surface area contributed by atoms with Gasteiger partial charge in [0.25, 0.3) is 5.56 Å². The molecule has 1 saturated carbocycles. The molecule has 1 saturated heterocycles. The summed E-state index contributed by atoms with van der Waals surface area (Å²) in [4.78, 5) is 19.0. The number of rotatable bonds is 5. The highest BCUT2D eigenvalue weighted by molar-refractivity contribution is 5.92. The molecular formula is C30H35FN6O2. The number of anilines is 2. The topological polar surface area (TPSA) is 107 Å². The standard InChI is InChI=1S/C18H19N5O.C12H16FNO/c1-22(13-6-4-3-5-7-13)17-14(11-20)18(24)23(2)15-9-8-12(10-19)21-16(15)17;13-11-1-3-12(4-2-11)14-9-10-5-7-15-8-6-10/h8-9,13H,3-7H2,1-2H3;1-4,10,14H,5-9H2. The Hall–Kier alpha value is -3.95. The van der Waals surface area contributed by atoms with Crippen LogP contribution in [0.25, 0.3) is 11.0 Å². The first-order valence-electron chi connectivity index (χ1n) is 13.6. The summed E-state index contributed by atoms with van der Waals surface area (Å²) < 4.78 is 19.4. The van der Waals surface area contributed by atoms with Gasteiger partial charge in [-0.1, -0.05) is 19.3 Å². The molecule has 5 rings (SSSR count). The summed E-state index contributed by atoms with van der Waals surface area (Å²) in [6, 6.07) is 14.2. The Balaban J connectivity index is 0.000000202. The molecule has 0 atom stereocenters. The van der Waals surface area contributed by atoms with E-state index in [4.69, 9.17) is 10.00 Å². The van der Waals surface area contributed by atoms with Crippen LogP contribution in [0.1, 0.15) is 56.2 Å². The summed E-state index contributed by atoms with van der Waals surface area (Å²) in [6.07, 6.45) is 7.84. The Kier molecular flexibility index (Phi) is 9.51. The summed E-state index contributed by atoms with van der Waals surface area (Å²) >= 11 is 0. The van der Waals surface area contributed by atoms with Crippen molar-refractivity contribution in [3.05, 3.63) is 63.8 Å². The fraction of sp³-hybridized carbons (Fsp3) is 0.467. The third-order valence-electron chi connectivity index (χ3n) is 7.70. The molecule has 9 heteroatoms. The normalized spacial score (nSPS) is 16.0. The van der Waals surface area contributed by atoms with Gasteiger partial charge in [-0.15, -0.1) is 0 Å². The molecular weight excluding hydrogens is 495 g/mol. The van der Waals surface area contributed by atoms with Crippen molar-refractivity contribution < 1.29 is 9.13 Å². The van der Waals surface area contributed by atoms with E-state index in [0.29, 0.717) is 22.6 Å². The smallest absolute Gasteiger partial charge is 0.270 e. The fourth-order valence-electron chi connectivity index (χ4n) is 5.33. The lowest BCUT2D eigenvalue weighted by Gasteiger charge is -2.33. The number of benzene rings is 1. The maximum absolute atomic E-state index is 12.6. The first kappa shape index (κ1) is 28.1. The van der Waals surface area contributed by atoms with Crippen LogP contribution >= 0.6 is 0 Å². The lowest BCUT2D eigenvalue weighted by molar-refractivity contribution is 0.0699. The van der Waals surface area contributed by atoms with Crippen LogP contribution in [0.15, 0.2) is 41.2 Å². The number of nitriles is 2. The van der Waals surface area contributed by atoms with E-state index in [2.05, 4.69) is 16.4 Å². The maximum atomic E-state index is 12.6. The number of fused-ring (bicyclic) bond motifs is 1. The highest BCUT2D eigenvalue weighted by Gasteiger charge is 2.25. The molecule has 2 fully saturated rings. The zero-order chi connectivity index (χ0) is 27.8. The van der Waals surface area contributed by atoms with E-state index in [1.165, 1.54) is 23.1 Å². The summed E-state index contributed by atoms with van der Waals surface area (Å²) in [7, 11) is 3.55. The van der Waals surface area contributed by atoms with Crippen LogP contribution in [0, 0.1) is 34.4 Å². The molecule has 3 aromatic rings. The number of aromatic nitrogens is 2. The lowest BCUT2D eigenvalue weighted by Crippen LogP contribution is -2.36. The first-order chi connectivity index (χ1) is 18.9. The Labute approximate surface area is 228 Å².